The molecule has 2 aromatic rings. The highest BCUT2D eigenvalue weighted by Crippen LogP contribution is 2.49. The molecule has 0 spiro atoms. The third-order valence-electron chi connectivity index (χ3n) is 5.26. The molecule has 142 valence electrons. The number of nitrogens with zero attached hydrogens (tertiary/aromatic N) is 2. The lowest BCUT2D eigenvalue weighted by atomic mass is 9.73. The van der Waals surface area contributed by atoms with Gasteiger partial charge in [-0.25, -0.2) is 9.97 Å². The van der Waals surface area contributed by atoms with Crippen LogP contribution < -0.4 is 11.1 Å². The lowest BCUT2D eigenvalue weighted by molar-refractivity contribution is -0.126. The van der Waals surface area contributed by atoms with Gasteiger partial charge in [0, 0.05) is 17.1 Å². The molecule has 0 saturated carbocycles. The first-order chi connectivity index (χ1) is 13.5. The van der Waals surface area contributed by atoms with E-state index in [1.165, 1.54) is 18.7 Å². The minimum atomic E-state index is -1.08. The van der Waals surface area contributed by atoms with Crippen molar-refractivity contribution in [3.05, 3.63) is 77.6 Å². The SMILES string of the molecule is CC1(C(N)=O)CC(C(=O)Nc2cncnc2)=CC2=C1OCC2c1ccccc1. The predicted molar refractivity (Wildman–Crippen MR) is 103 cm³/mol. The molecule has 7 heteroatoms. The third-order valence-corrected chi connectivity index (χ3v) is 5.26. The lowest BCUT2D eigenvalue weighted by Gasteiger charge is -2.31. The van der Waals surface area contributed by atoms with Crippen LogP contribution in [0.25, 0.3) is 0 Å². The largest absolute Gasteiger partial charge is 0.495 e. The van der Waals surface area contributed by atoms with E-state index in [9.17, 15) is 9.59 Å². The van der Waals surface area contributed by atoms with E-state index in [0.29, 0.717) is 23.6 Å². The van der Waals surface area contributed by atoms with Crippen LogP contribution in [0.2, 0.25) is 0 Å². The van der Waals surface area contributed by atoms with E-state index in [2.05, 4.69) is 15.3 Å². The van der Waals surface area contributed by atoms with E-state index >= 15 is 0 Å². The van der Waals surface area contributed by atoms with Gasteiger partial charge in [0.25, 0.3) is 5.91 Å². The summed E-state index contributed by atoms with van der Waals surface area (Å²) in [6.45, 7) is 2.14. The van der Waals surface area contributed by atoms with Gasteiger partial charge in [0.15, 0.2) is 0 Å². The van der Waals surface area contributed by atoms with Gasteiger partial charge in [-0.1, -0.05) is 30.3 Å². The molecule has 2 amide bonds. The van der Waals surface area contributed by atoms with E-state index in [0.717, 1.165) is 11.1 Å². The molecule has 1 aromatic carbocycles. The quantitative estimate of drug-likeness (QED) is 0.851. The zero-order valence-electron chi connectivity index (χ0n) is 15.4. The minimum Gasteiger partial charge on any atom is -0.495 e. The van der Waals surface area contributed by atoms with Crippen molar-refractivity contribution in [3.8, 4) is 0 Å². The summed E-state index contributed by atoms with van der Waals surface area (Å²) in [5.41, 5.74) is 7.49. The number of ether oxygens (including phenoxy) is 1. The maximum absolute atomic E-state index is 12.9. The number of rotatable bonds is 4. The van der Waals surface area contributed by atoms with Gasteiger partial charge in [-0.15, -0.1) is 0 Å². The van der Waals surface area contributed by atoms with Crippen LogP contribution in [0.15, 0.2) is 72.0 Å². The Bertz CT molecular complexity index is 985. The molecular weight excluding hydrogens is 356 g/mol. The first-order valence-corrected chi connectivity index (χ1v) is 8.98. The fourth-order valence-corrected chi connectivity index (χ4v) is 3.72. The molecule has 0 bridgehead atoms. The van der Waals surface area contributed by atoms with Gasteiger partial charge in [-0.3, -0.25) is 9.59 Å². The average molecular weight is 376 g/mol. The summed E-state index contributed by atoms with van der Waals surface area (Å²) in [5, 5.41) is 2.78. The van der Waals surface area contributed by atoms with Crippen LogP contribution in [0, 0.1) is 5.41 Å². The van der Waals surface area contributed by atoms with Gasteiger partial charge in [-0.2, -0.15) is 0 Å². The monoisotopic (exact) mass is 376 g/mol. The van der Waals surface area contributed by atoms with Crippen molar-refractivity contribution in [1.29, 1.82) is 0 Å². The summed E-state index contributed by atoms with van der Waals surface area (Å²) in [7, 11) is 0. The zero-order chi connectivity index (χ0) is 19.7. The Morgan fingerprint density at radius 1 is 1.21 bits per heavy atom. The van der Waals surface area contributed by atoms with E-state index in [4.69, 9.17) is 10.5 Å². The number of hydrogen-bond donors (Lipinski definition) is 2. The summed E-state index contributed by atoms with van der Waals surface area (Å²) in [6.07, 6.45) is 6.40. The number of benzene rings is 1. The van der Waals surface area contributed by atoms with Crippen molar-refractivity contribution in [2.24, 2.45) is 11.1 Å². The van der Waals surface area contributed by atoms with E-state index in [-0.39, 0.29) is 18.2 Å². The van der Waals surface area contributed by atoms with Crippen LogP contribution in [-0.2, 0) is 14.3 Å². The summed E-state index contributed by atoms with van der Waals surface area (Å²) >= 11 is 0. The fourth-order valence-electron chi connectivity index (χ4n) is 3.72. The highest BCUT2D eigenvalue weighted by Gasteiger charge is 2.47. The topological polar surface area (TPSA) is 107 Å². The van der Waals surface area contributed by atoms with Crippen molar-refractivity contribution in [2.45, 2.75) is 19.3 Å². The summed E-state index contributed by atoms with van der Waals surface area (Å²) in [6, 6.07) is 9.87. The summed E-state index contributed by atoms with van der Waals surface area (Å²) in [5.74, 6) is -0.325. The van der Waals surface area contributed by atoms with Gasteiger partial charge in [0.05, 0.1) is 24.7 Å². The average Bonchev–Trinajstić information content (AvgIpc) is 3.14. The van der Waals surface area contributed by atoms with Crippen LogP contribution >= 0.6 is 0 Å². The van der Waals surface area contributed by atoms with E-state index < -0.39 is 11.3 Å². The Morgan fingerprint density at radius 2 is 1.93 bits per heavy atom. The van der Waals surface area contributed by atoms with Crippen LogP contribution in [0.3, 0.4) is 0 Å². The van der Waals surface area contributed by atoms with Crippen molar-refractivity contribution in [3.63, 3.8) is 0 Å². The second kappa shape index (κ2) is 6.92. The molecule has 4 rings (SSSR count). The molecular formula is C21H20N4O3. The molecule has 1 aromatic heterocycles. The first-order valence-electron chi connectivity index (χ1n) is 8.98. The molecule has 1 aliphatic carbocycles. The molecule has 1 aliphatic heterocycles. The van der Waals surface area contributed by atoms with Crippen LogP contribution in [-0.4, -0.2) is 28.4 Å². The van der Waals surface area contributed by atoms with Crippen molar-refractivity contribution in [2.75, 3.05) is 11.9 Å². The smallest absolute Gasteiger partial charge is 0.251 e. The van der Waals surface area contributed by atoms with Crippen molar-refractivity contribution >= 4 is 17.5 Å². The van der Waals surface area contributed by atoms with Crippen LogP contribution in [0.1, 0.15) is 24.8 Å². The molecule has 0 fully saturated rings. The number of anilines is 1. The molecule has 7 nitrogen and oxygen atoms in total. The number of nitrogens with one attached hydrogen (secondary N) is 1. The van der Waals surface area contributed by atoms with Gasteiger partial charge >= 0.3 is 0 Å². The maximum atomic E-state index is 12.9. The predicted octanol–water partition coefficient (Wildman–Crippen LogP) is 2.30. The molecule has 0 radical (unpaired) electrons. The molecule has 0 saturated heterocycles. The van der Waals surface area contributed by atoms with Crippen molar-refractivity contribution in [1.82, 2.24) is 9.97 Å². The Balaban J connectivity index is 1.72. The third kappa shape index (κ3) is 3.05. The number of aromatic nitrogens is 2. The Hall–Kier alpha value is -3.48. The van der Waals surface area contributed by atoms with Crippen molar-refractivity contribution < 1.29 is 14.3 Å². The number of carbonyl (C=O) groups is 2. The van der Waals surface area contributed by atoms with E-state index in [1.54, 1.807) is 6.92 Å². The van der Waals surface area contributed by atoms with Crippen LogP contribution in [0.4, 0.5) is 5.69 Å². The number of hydrogen-bond acceptors (Lipinski definition) is 5. The first kappa shape index (κ1) is 17.9. The Labute approximate surface area is 162 Å². The van der Waals surface area contributed by atoms with Gasteiger partial charge in [-0.05, 0) is 25.0 Å². The minimum absolute atomic E-state index is 0.0574. The van der Waals surface area contributed by atoms with E-state index in [1.807, 2.05) is 36.4 Å². The number of allylic oxidation sites excluding steroid dienone is 1. The number of amides is 2. The van der Waals surface area contributed by atoms with Crippen LogP contribution in [0.5, 0.6) is 0 Å². The molecule has 2 atom stereocenters. The Kier molecular flexibility index (Phi) is 4.43. The second-order valence-electron chi connectivity index (χ2n) is 7.18. The Morgan fingerprint density at radius 3 is 2.61 bits per heavy atom. The number of primary amides is 1. The highest BCUT2D eigenvalue weighted by atomic mass is 16.5. The molecule has 2 heterocycles. The number of nitrogens with two attached hydrogens (primary N) is 1. The molecule has 2 aliphatic rings. The van der Waals surface area contributed by atoms with Gasteiger partial charge in [0.1, 0.15) is 17.5 Å². The number of carbonyl (C=O) groups excluding carboxylic acids is 2. The van der Waals surface area contributed by atoms with Gasteiger partial charge in [0.2, 0.25) is 5.91 Å². The maximum Gasteiger partial charge on any atom is 0.251 e. The molecule has 3 N–H and O–H groups in total. The highest BCUT2D eigenvalue weighted by molar-refractivity contribution is 6.05. The molecule has 28 heavy (non-hydrogen) atoms. The lowest BCUT2D eigenvalue weighted by Crippen LogP contribution is -2.39. The zero-order valence-corrected chi connectivity index (χ0v) is 15.4. The fraction of sp³-hybridized carbons (Fsp3) is 0.238. The normalized spacial score (nSPS) is 23.5. The summed E-state index contributed by atoms with van der Waals surface area (Å²) in [4.78, 5) is 33.0. The standard InChI is InChI=1S/C21H20N4O3/c1-21(20(22)27)8-14(19(26)25-15-9-23-12-24-10-15)7-16-17(11-28-18(16)21)13-5-3-2-4-6-13/h2-7,9-10,12,17H,8,11H2,1H3,(H2,22,27)(H,25,26). The second-order valence-corrected chi connectivity index (χ2v) is 7.18. The molecule has 2 unspecified atom stereocenters. The van der Waals surface area contributed by atoms with Gasteiger partial charge < -0.3 is 15.8 Å². The summed E-state index contributed by atoms with van der Waals surface area (Å²) < 4.78 is 5.93.